The molecule has 2 rings (SSSR count). The van der Waals surface area contributed by atoms with Gasteiger partial charge in [-0.3, -0.25) is 4.79 Å². The van der Waals surface area contributed by atoms with E-state index < -0.39 is 0 Å². The molecule has 2 heterocycles. The van der Waals surface area contributed by atoms with Crippen molar-refractivity contribution in [1.82, 2.24) is 4.90 Å². The number of piperidine rings is 1. The molecule has 0 aromatic rings. The summed E-state index contributed by atoms with van der Waals surface area (Å²) in [7, 11) is 0. The first-order valence-corrected chi connectivity index (χ1v) is 6.82. The minimum atomic E-state index is -0.194. The standard InChI is InChI=1S/C13H24N2O2/c1-9(14)3-2-4-13(17)15-10-5-6-11(15)8-12(16)7-10/h9-12,16H,2-8,14H2,1H3. The fourth-order valence-corrected chi connectivity index (χ4v) is 3.26. The minimum Gasteiger partial charge on any atom is -0.393 e. The molecule has 2 saturated heterocycles. The summed E-state index contributed by atoms with van der Waals surface area (Å²) in [6.07, 6.45) is 5.91. The number of carbonyl (C=O) groups excluding carboxylic acids is 1. The minimum absolute atomic E-state index is 0.183. The van der Waals surface area contributed by atoms with Crippen LogP contribution in [0.2, 0.25) is 0 Å². The fraction of sp³-hybridized carbons (Fsp3) is 0.923. The molecule has 4 nitrogen and oxygen atoms in total. The van der Waals surface area contributed by atoms with Crippen LogP contribution in [0, 0.1) is 0 Å². The summed E-state index contributed by atoms with van der Waals surface area (Å²) in [4.78, 5) is 14.2. The second-order valence-electron chi connectivity index (χ2n) is 5.68. The number of nitrogens with zero attached hydrogens (tertiary/aromatic N) is 1. The van der Waals surface area contributed by atoms with Gasteiger partial charge < -0.3 is 15.7 Å². The van der Waals surface area contributed by atoms with Gasteiger partial charge in [0.25, 0.3) is 0 Å². The third-order valence-corrected chi connectivity index (χ3v) is 4.05. The monoisotopic (exact) mass is 240 g/mol. The topological polar surface area (TPSA) is 66.6 Å². The lowest BCUT2D eigenvalue weighted by atomic mass is 9.99. The third-order valence-electron chi connectivity index (χ3n) is 4.05. The molecule has 0 aromatic heterocycles. The lowest BCUT2D eigenvalue weighted by Crippen LogP contribution is -2.47. The van der Waals surface area contributed by atoms with Crippen molar-refractivity contribution in [2.24, 2.45) is 5.73 Å². The molecule has 98 valence electrons. The largest absolute Gasteiger partial charge is 0.393 e. The fourth-order valence-electron chi connectivity index (χ4n) is 3.26. The Morgan fingerprint density at radius 2 is 2.00 bits per heavy atom. The maximum Gasteiger partial charge on any atom is 0.223 e. The van der Waals surface area contributed by atoms with Crippen molar-refractivity contribution in [3.05, 3.63) is 0 Å². The average Bonchev–Trinajstić information content (AvgIpc) is 2.50. The van der Waals surface area contributed by atoms with Crippen molar-refractivity contribution in [3.63, 3.8) is 0 Å². The summed E-state index contributed by atoms with van der Waals surface area (Å²) in [5.74, 6) is 0.269. The molecule has 0 aromatic carbocycles. The van der Waals surface area contributed by atoms with Gasteiger partial charge in [-0.15, -0.1) is 0 Å². The lowest BCUT2D eigenvalue weighted by Gasteiger charge is -2.37. The van der Waals surface area contributed by atoms with Crippen LogP contribution in [0.3, 0.4) is 0 Å². The normalized spacial score (nSPS) is 33.8. The van der Waals surface area contributed by atoms with Crippen LogP contribution in [0.4, 0.5) is 0 Å². The van der Waals surface area contributed by atoms with Crippen LogP contribution in [-0.4, -0.2) is 40.1 Å². The number of aliphatic hydroxyl groups excluding tert-OH is 1. The van der Waals surface area contributed by atoms with E-state index in [1.807, 2.05) is 11.8 Å². The third kappa shape index (κ3) is 2.99. The molecule has 2 aliphatic heterocycles. The Morgan fingerprint density at radius 3 is 2.53 bits per heavy atom. The quantitative estimate of drug-likeness (QED) is 0.771. The smallest absolute Gasteiger partial charge is 0.223 e. The van der Waals surface area contributed by atoms with E-state index >= 15 is 0 Å². The Balaban J connectivity index is 1.84. The van der Waals surface area contributed by atoms with Gasteiger partial charge in [0, 0.05) is 24.5 Å². The number of aliphatic hydroxyl groups is 1. The zero-order chi connectivity index (χ0) is 12.4. The number of amides is 1. The molecule has 1 amide bonds. The predicted octanol–water partition coefficient (Wildman–Crippen LogP) is 1.02. The van der Waals surface area contributed by atoms with Gasteiger partial charge in [-0.25, -0.2) is 0 Å². The van der Waals surface area contributed by atoms with Gasteiger partial charge in [0.1, 0.15) is 0 Å². The highest BCUT2D eigenvalue weighted by Crippen LogP contribution is 2.36. The van der Waals surface area contributed by atoms with Crippen molar-refractivity contribution < 1.29 is 9.90 Å². The maximum atomic E-state index is 12.2. The predicted molar refractivity (Wildman–Crippen MR) is 66.4 cm³/mol. The van der Waals surface area contributed by atoms with Crippen LogP contribution < -0.4 is 5.73 Å². The zero-order valence-electron chi connectivity index (χ0n) is 10.6. The van der Waals surface area contributed by atoms with Gasteiger partial charge >= 0.3 is 0 Å². The molecule has 3 unspecified atom stereocenters. The summed E-state index contributed by atoms with van der Waals surface area (Å²) in [5, 5.41) is 9.68. The van der Waals surface area contributed by atoms with Gasteiger partial charge in [-0.05, 0) is 45.4 Å². The van der Waals surface area contributed by atoms with Gasteiger partial charge in [0.15, 0.2) is 0 Å². The van der Waals surface area contributed by atoms with Gasteiger partial charge in [0.05, 0.1) is 6.10 Å². The number of hydrogen-bond donors (Lipinski definition) is 2. The van der Waals surface area contributed by atoms with Gasteiger partial charge in [-0.1, -0.05) is 0 Å². The molecule has 17 heavy (non-hydrogen) atoms. The van der Waals surface area contributed by atoms with Crippen LogP contribution >= 0.6 is 0 Å². The van der Waals surface area contributed by atoms with E-state index in [1.165, 1.54) is 0 Å². The Hall–Kier alpha value is -0.610. The van der Waals surface area contributed by atoms with E-state index in [0.29, 0.717) is 18.5 Å². The van der Waals surface area contributed by atoms with Gasteiger partial charge in [0.2, 0.25) is 5.91 Å². The molecular formula is C13H24N2O2. The zero-order valence-corrected chi connectivity index (χ0v) is 10.6. The number of nitrogens with two attached hydrogens (primary N) is 1. The maximum absolute atomic E-state index is 12.2. The molecule has 0 spiro atoms. The summed E-state index contributed by atoms with van der Waals surface area (Å²) in [6, 6.07) is 0.779. The molecule has 3 N–H and O–H groups in total. The summed E-state index contributed by atoms with van der Waals surface area (Å²) >= 11 is 0. The highest BCUT2D eigenvalue weighted by atomic mass is 16.3. The summed E-state index contributed by atoms with van der Waals surface area (Å²) in [6.45, 7) is 1.98. The highest BCUT2D eigenvalue weighted by molar-refractivity contribution is 5.77. The highest BCUT2D eigenvalue weighted by Gasteiger charge is 2.42. The van der Waals surface area contributed by atoms with E-state index in [9.17, 15) is 9.90 Å². The molecule has 2 aliphatic rings. The molecular weight excluding hydrogens is 216 g/mol. The van der Waals surface area contributed by atoms with Crippen molar-refractivity contribution in [2.75, 3.05) is 0 Å². The first-order chi connectivity index (χ1) is 8.08. The van der Waals surface area contributed by atoms with Crippen LogP contribution in [0.1, 0.15) is 51.9 Å². The Kier molecular flexibility index (Phi) is 4.05. The van der Waals surface area contributed by atoms with Gasteiger partial charge in [-0.2, -0.15) is 0 Å². The molecule has 0 saturated carbocycles. The van der Waals surface area contributed by atoms with Crippen molar-refractivity contribution >= 4 is 5.91 Å². The second-order valence-corrected chi connectivity index (χ2v) is 5.68. The molecule has 4 heteroatoms. The number of hydrogen-bond acceptors (Lipinski definition) is 3. The Labute approximate surface area is 103 Å². The first kappa shape index (κ1) is 12.8. The van der Waals surface area contributed by atoms with Crippen LogP contribution in [0.15, 0.2) is 0 Å². The Bertz CT molecular complexity index is 267. The molecule has 2 fully saturated rings. The molecule has 0 radical (unpaired) electrons. The number of fused-ring (bicyclic) bond motifs is 2. The van der Waals surface area contributed by atoms with Crippen molar-refractivity contribution in [3.8, 4) is 0 Å². The van der Waals surface area contributed by atoms with Crippen molar-refractivity contribution in [2.45, 2.75) is 76.1 Å². The van der Waals surface area contributed by atoms with E-state index in [4.69, 9.17) is 5.73 Å². The van der Waals surface area contributed by atoms with Crippen molar-refractivity contribution in [1.29, 1.82) is 0 Å². The second kappa shape index (κ2) is 5.36. The average molecular weight is 240 g/mol. The summed E-state index contributed by atoms with van der Waals surface area (Å²) < 4.78 is 0. The van der Waals surface area contributed by atoms with Crippen LogP contribution in [-0.2, 0) is 4.79 Å². The first-order valence-electron chi connectivity index (χ1n) is 6.82. The van der Waals surface area contributed by atoms with E-state index in [2.05, 4.69) is 0 Å². The van der Waals surface area contributed by atoms with Crippen LogP contribution in [0.5, 0.6) is 0 Å². The SMILES string of the molecule is CC(N)CCCC(=O)N1C2CCC1CC(O)C2. The van der Waals surface area contributed by atoms with E-state index in [0.717, 1.165) is 38.5 Å². The lowest BCUT2D eigenvalue weighted by molar-refractivity contribution is -0.137. The summed E-state index contributed by atoms with van der Waals surface area (Å²) in [5.41, 5.74) is 5.68. The van der Waals surface area contributed by atoms with Crippen LogP contribution in [0.25, 0.3) is 0 Å². The van der Waals surface area contributed by atoms with E-state index in [-0.39, 0.29) is 18.1 Å². The Morgan fingerprint density at radius 1 is 1.41 bits per heavy atom. The molecule has 2 bridgehead atoms. The molecule has 0 aliphatic carbocycles. The number of rotatable bonds is 4. The molecule has 3 atom stereocenters. The number of carbonyl (C=O) groups is 1. The van der Waals surface area contributed by atoms with E-state index in [1.54, 1.807) is 0 Å².